The van der Waals surface area contributed by atoms with Gasteiger partial charge in [-0.25, -0.2) is 0 Å². The van der Waals surface area contributed by atoms with E-state index in [1.807, 2.05) is 67.8 Å². The van der Waals surface area contributed by atoms with Crippen molar-refractivity contribution in [1.29, 1.82) is 0 Å². The van der Waals surface area contributed by atoms with Gasteiger partial charge in [-0.15, -0.1) is 0 Å². The van der Waals surface area contributed by atoms with Crippen molar-refractivity contribution in [3.05, 3.63) is 22.8 Å². The summed E-state index contributed by atoms with van der Waals surface area (Å²) >= 11 is 5.79. The number of benzene rings is 1. The number of alkyl halides is 2. The maximum absolute atomic E-state index is 13.0. The maximum Gasteiger partial charge on any atom is 0.380 e. The Labute approximate surface area is 154 Å². The lowest BCUT2D eigenvalue weighted by Crippen LogP contribution is -2.32. The molecule has 112 valence electrons. The third-order valence-electron chi connectivity index (χ3n) is 1.91. The van der Waals surface area contributed by atoms with Crippen molar-refractivity contribution in [2.45, 2.75) is 11.7 Å². The number of carbonyl (C=O) groups is 1. The minimum absolute atomic E-state index is 0.0537. The van der Waals surface area contributed by atoms with E-state index in [2.05, 4.69) is 0 Å². The standard InChI is InChI=1S/C9H5F2I3O5S/c10-9(11,20(16,17)18)3-7(15)19-6-2-4(12)1-5(13)8(6)14/h1-2H,3H2,(H,16,17,18). The van der Waals surface area contributed by atoms with E-state index < -0.39 is 27.8 Å². The average molecular weight is 644 g/mol. The molecule has 0 saturated carbocycles. The zero-order valence-corrected chi connectivity index (χ0v) is 16.5. The fourth-order valence-corrected chi connectivity index (χ4v) is 3.54. The Morgan fingerprint density at radius 1 is 1.30 bits per heavy atom. The van der Waals surface area contributed by atoms with Gasteiger partial charge in [-0.3, -0.25) is 9.35 Å². The molecule has 1 aromatic rings. The van der Waals surface area contributed by atoms with Crippen LogP contribution >= 0.6 is 67.8 Å². The first-order chi connectivity index (χ1) is 8.94. The summed E-state index contributed by atoms with van der Waals surface area (Å²) in [5.41, 5.74) is 0. The predicted molar refractivity (Wildman–Crippen MR) is 91.3 cm³/mol. The second-order valence-electron chi connectivity index (χ2n) is 3.46. The Bertz CT molecular complexity index is 647. The van der Waals surface area contributed by atoms with Crippen LogP contribution in [0.4, 0.5) is 8.78 Å². The van der Waals surface area contributed by atoms with Crippen LogP contribution in [0.3, 0.4) is 0 Å². The van der Waals surface area contributed by atoms with Crippen LogP contribution in [-0.2, 0) is 14.9 Å². The van der Waals surface area contributed by atoms with E-state index in [-0.39, 0.29) is 5.75 Å². The number of halogens is 5. The molecule has 1 rings (SSSR count). The molecule has 1 aromatic carbocycles. The highest BCUT2D eigenvalue weighted by Crippen LogP contribution is 2.30. The highest BCUT2D eigenvalue weighted by molar-refractivity contribution is 14.1. The van der Waals surface area contributed by atoms with E-state index in [1.165, 1.54) is 6.07 Å². The third-order valence-corrected chi connectivity index (χ3v) is 6.43. The normalized spacial score (nSPS) is 12.3. The van der Waals surface area contributed by atoms with E-state index in [0.29, 0.717) is 3.57 Å². The molecule has 0 atom stereocenters. The molecular weight excluding hydrogens is 639 g/mol. The zero-order valence-electron chi connectivity index (χ0n) is 9.24. The fourth-order valence-electron chi connectivity index (χ4n) is 1.02. The molecule has 20 heavy (non-hydrogen) atoms. The number of hydrogen-bond donors (Lipinski definition) is 1. The summed E-state index contributed by atoms with van der Waals surface area (Å²) in [5, 5.41) is -4.58. The van der Waals surface area contributed by atoms with Crippen LogP contribution in [0.1, 0.15) is 6.42 Å². The number of rotatable bonds is 4. The van der Waals surface area contributed by atoms with Gasteiger partial charge in [-0.1, -0.05) is 0 Å². The lowest BCUT2D eigenvalue weighted by Gasteiger charge is -2.13. The van der Waals surface area contributed by atoms with Gasteiger partial charge in [-0.05, 0) is 79.9 Å². The minimum atomic E-state index is -5.66. The van der Waals surface area contributed by atoms with Gasteiger partial charge in [-0.2, -0.15) is 17.2 Å². The molecule has 5 nitrogen and oxygen atoms in total. The highest BCUT2D eigenvalue weighted by atomic mass is 127. The summed E-state index contributed by atoms with van der Waals surface area (Å²) in [6.45, 7) is 0. The third kappa shape index (κ3) is 4.84. The molecule has 0 unspecified atom stereocenters. The summed E-state index contributed by atoms with van der Waals surface area (Å²) in [4.78, 5) is 11.4. The lowest BCUT2D eigenvalue weighted by molar-refractivity contribution is -0.138. The first-order valence-corrected chi connectivity index (χ1v) is 9.32. The monoisotopic (exact) mass is 644 g/mol. The number of hydrogen-bond acceptors (Lipinski definition) is 4. The number of carbonyl (C=O) groups excluding carboxylic acids is 1. The zero-order chi connectivity index (χ0) is 15.7. The summed E-state index contributed by atoms with van der Waals surface area (Å²) in [7, 11) is -5.66. The lowest BCUT2D eigenvalue weighted by atomic mass is 10.3. The highest BCUT2D eigenvalue weighted by Gasteiger charge is 2.46. The van der Waals surface area contributed by atoms with Gasteiger partial charge in [0.05, 0.1) is 3.57 Å². The second kappa shape index (κ2) is 6.82. The van der Waals surface area contributed by atoms with Gasteiger partial charge >= 0.3 is 21.3 Å². The van der Waals surface area contributed by atoms with Gasteiger partial charge in [0.15, 0.2) is 0 Å². The van der Waals surface area contributed by atoms with E-state index in [4.69, 9.17) is 9.29 Å². The van der Waals surface area contributed by atoms with Gasteiger partial charge in [0.2, 0.25) is 0 Å². The topological polar surface area (TPSA) is 80.7 Å². The molecule has 0 spiro atoms. The number of ether oxygens (including phenoxy) is 1. The van der Waals surface area contributed by atoms with Crippen LogP contribution in [0.5, 0.6) is 5.75 Å². The molecule has 0 aliphatic rings. The molecule has 0 aromatic heterocycles. The average Bonchev–Trinajstić information content (AvgIpc) is 2.22. The first kappa shape index (κ1) is 18.7. The molecule has 0 saturated heterocycles. The van der Waals surface area contributed by atoms with Crippen LogP contribution in [-0.4, -0.2) is 24.2 Å². The molecule has 0 fully saturated rings. The minimum Gasteiger partial charge on any atom is -0.425 e. The Hall–Kier alpha value is 0.650. The van der Waals surface area contributed by atoms with Crippen molar-refractivity contribution in [2.24, 2.45) is 0 Å². The summed E-state index contributed by atoms with van der Waals surface area (Å²) in [6, 6.07) is 3.24. The van der Waals surface area contributed by atoms with Crippen molar-refractivity contribution in [2.75, 3.05) is 0 Å². The van der Waals surface area contributed by atoms with Crippen molar-refractivity contribution in [1.82, 2.24) is 0 Å². The molecule has 0 heterocycles. The Morgan fingerprint density at radius 2 is 1.85 bits per heavy atom. The predicted octanol–water partition coefficient (Wildman–Crippen LogP) is 3.28. The van der Waals surface area contributed by atoms with E-state index in [9.17, 15) is 22.0 Å². The van der Waals surface area contributed by atoms with Crippen LogP contribution < -0.4 is 4.74 Å². The van der Waals surface area contributed by atoms with Crippen LogP contribution in [0.25, 0.3) is 0 Å². The molecule has 0 amide bonds. The van der Waals surface area contributed by atoms with Crippen molar-refractivity contribution in [3.8, 4) is 5.75 Å². The van der Waals surface area contributed by atoms with Crippen LogP contribution in [0, 0.1) is 10.7 Å². The maximum atomic E-state index is 13.0. The SMILES string of the molecule is O=C(CC(F)(F)S(=O)(=O)O)Oc1cc(I)cc(I)c1I. The molecule has 0 radical (unpaired) electrons. The van der Waals surface area contributed by atoms with Crippen molar-refractivity contribution in [3.63, 3.8) is 0 Å². The molecule has 11 heteroatoms. The smallest absolute Gasteiger partial charge is 0.380 e. The van der Waals surface area contributed by atoms with Gasteiger partial charge in [0.1, 0.15) is 12.2 Å². The van der Waals surface area contributed by atoms with E-state index >= 15 is 0 Å². The first-order valence-electron chi connectivity index (χ1n) is 4.64. The molecule has 1 N–H and O–H groups in total. The second-order valence-corrected chi connectivity index (χ2v) is 8.50. The largest absolute Gasteiger partial charge is 0.425 e. The number of esters is 1. The Morgan fingerprint density at radius 3 is 2.35 bits per heavy atom. The fraction of sp³-hybridized carbons (Fsp3) is 0.222. The van der Waals surface area contributed by atoms with Crippen LogP contribution in [0.15, 0.2) is 12.1 Å². The van der Waals surface area contributed by atoms with Gasteiger partial charge in [0, 0.05) is 7.14 Å². The molecule has 0 bridgehead atoms. The Balaban J connectivity index is 2.93. The summed E-state index contributed by atoms with van der Waals surface area (Å²) in [5.74, 6) is -1.40. The quantitative estimate of drug-likeness (QED) is 0.179. The molecule has 0 aliphatic carbocycles. The molecular formula is C9H5F2I3O5S. The van der Waals surface area contributed by atoms with E-state index in [0.717, 1.165) is 7.14 Å². The van der Waals surface area contributed by atoms with Crippen molar-refractivity contribution < 1.29 is 31.3 Å². The van der Waals surface area contributed by atoms with Crippen molar-refractivity contribution >= 4 is 83.9 Å². The van der Waals surface area contributed by atoms with Crippen LogP contribution in [0.2, 0.25) is 0 Å². The molecule has 0 aliphatic heterocycles. The van der Waals surface area contributed by atoms with Gasteiger partial charge in [0.25, 0.3) is 0 Å². The van der Waals surface area contributed by atoms with E-state index in [1.54, 1.807) is 6.07 Å². The summed E-state index contributed by atoms with van der Waals surface area (Å²) in [6.07, 6.45) is -1.76. The van der Waals surface area contributed by atoms with Gasteiger partial charge < -0.3 is 4.74 Å². The summed E-state index contributed by atoms with van der Waals surface area (Å²) < 4.78 is 61.9. The Kier molecular flexibility index (Phi) is 6.38.